The molecule has 0 radical (unpaired) electrons. The second-order valence-corrected chi connectivity index (χ2v) is 5.01. The number of carboxylic acids is 1. The van der Waals surface area contributed by atoms with Crippen molar-refractivity contribution in [2.45, 2.75) is 36.9 Å². The normalized spacial score (nSPS) is 38.4. The second-order valence-electron chi connectivity index (χ2n) is 5.01. The van der Waals surface area contributed by atoms with Crippen LogP contribution in [0.1, 0.15) is 12.8 Å². The van der Waals surface area contributed by atoms with Crippen molar-refractivity contribution in [1.82, 2.24) is 0 Å². The lowest BCUT2D eigenvalue weighted by molar-refractivity contribution is -0.325. The van der Waals surface area contributed by atoms with Crippen molar-refractivity contribution >= 4 is 5.97 Å². The van der Waals surface area contributed by atoms with Crippen LogP contribution in [0.15, 0.2) is 23.5 Å². The first kappa shape index (κ1) is 15.9. The van der Waals surface area contributed by atoms with E-state index in [0.29, 0.717) is 18.4 Å². The minimum atomic E-state index is -2.40. The van der Waals surface area contributed by atoms with E-state index in [1.54, 1.807) is 12.2 Å². The molecule has 0 aromatic heterocycles. The van der Waals surface area contributed by atoms with E-state index < -0.39 is 49.0 Å². The number of aliphatic hydroxyl groups excluding tert-OH is 3. The Morgan fingerprint density at radius 1 is 1.48 bits per heavy atom. The molecule has 1 fully saturated rings. The van der Waals surface area contributed by atoms with E-state index in [9.17, 15) is 25.2 Å². The van der Waals surface area contributed by atoms with Gasteiger partial charge in [0.15, 0.2) is 0 Å². The molecule has 8 heteroatoms. The Morgan fingerprint density at radius 2 is 2.19 bits per heavy atom. The summed E-state index contributed by atoms with van der Waals surface area (Å²) < 4.78 is 10.1. The van der Waals surface area contributed by atoms with Gasteiger partial charge in [0.05, 0.1) is 6.61 Å². The number of aliphatic hydroxyl groups is 4. The van der Waals surface area contributed by atoms with Crippen LogP contribution in [0.3, 0.4) is 0 Å². The standard InChI is InChI=1S/C13H18O8/c14-5-8-9(15)11(16)13(19,6-20-8)21-10(12(17)18)7-3-1-2-4-7/h1,3,8-9,11,14-16,19H,2,4-6H2,(H,17,18)/b10-7-. The summed E-state index contributed by atoms with van der Waals surface area (Å²) in [7, 11) is 0. The second kappa shape index (κ2) is 6.12. The van der Waals surface area contributed by atoms with Gasteiger partial charge in [-0.2, -0.15) is 0 Å². The molecule has 0 aromatic carbocycles. The van der Waals surface area contributed by atoms with Gasteiger partial charge in [-0.15, -0.1) is 0 Å². The first-order chi connectivity index (χ1) is 9.89. The third-order valence-corrected chi connectivity index (χ3v) is 3.51. The van der Waals surface area contributed by atoms with Gasteiger partial charge in [-0.05, 0) is 12.8 Å². The zero-order valence-electron chi connectivity index (χ0n) is 11.2. The first-order valence-corrected chi connectivity index (χ1v) is 6.52. The molecule has 4 atom stereocenters. The van der Waals surface area contributed by atoms with Crippen LogP contribution >= 0.6 is 0 Å². The molecule has 1 heterocycles. The smallest absolute Gasteiger partial charge is 0.371 e. The van der Waals surface area contributed by atoms with Crippen molar-refractivity contribution < 1.29 is 39.8 Å². The Labute approximate surface area is 120 Å². The molecule has 4 unspecified atom stereocenters. The molecule has 21 heavy (non-hydrogen) atoms. The van der Waals surface area contributed by atoms with Crippen LogP contribution in [0.25, 0.3) is 0 Å². The summed E-state index contributed by atoms with van der Waals surface area (Å²) in [4.78, 5) is 11.3. The molecule has 0 saturated carbocycles. The summed E-state index contributed by atoms with van der Waals surface area (Å²) in [5, 5.41) is 48.0. The molecule has 0 amide bonds. The number of rotatable bonds is 4. The van der Waals surface area contributed by atoms with Gasteiger partial charge in [0.2, 0.25) is 5.76 Å². The predicted octanol–water partition coefficient (Wildman–Crippen LogP) is -1.51. The average Bonchev–Trinajstić information content (AvgIpc) is 2.96. The van der Waals surface area contributed by atoms with Crippen molar-refractivity contribution in [3.8, 4) is 0 Å². The fraction of sp³-hybridized carbons (Fsp3) is 0.615. The summed E-state index contributed by atoms with van der Waals surface area (Å²) in [6.45, 7) is -1.13. The summed E-state index contributed by atoms with van der Waals surface area (Å²) in [5.74, 6) is -4.29. The van der Waals surface area contributed by atoms with Crippen LogP contribution < -0.4 is 0 Å². The molecule has 1 aliphatic carbocycles. The van der Waals surface area contributed by atoms with E-state index in [4.69, 9.17) is 14.6 Å². The van der Waals surface area contributed by atoms with Gasteiger partial charge in [-0.25, -0.2) is 4.79 Å². The maximum atomic E-state index is 11.3. The fourth-order valence-corrected chi connectivity index (χ4v) is 2.29. The van der Waals surface area contributed by atoms with Crippen LogP contribution in [0, 0.1) is 0 Å². The number of hydrogen-bond donors (Lipinski definition) is 5. The van der Waals surface area contributed by atoms with Gasteiger partial charge < -0.3 is 35.0 Å². The molecular formula is C13H18O8. The number of ether oxygens (including phenoxy) is 2. The van der Waals surface area contributed by atoms with Crippen molar-refractivity contribution in [2.75, 3.05) is 13.2 Å². The molecular weight excluding hydrogens is 284 g/mol. The van der Waals surface area contributed by atoms with Crippen molar-refractivity contribution in [2.24, 2.45) is 0 Å². The summed E-state index contributed by atoms with van der Waals surface area (Å²) in [6.07, 6.45) is -0.0715. The zero-order chi connectivity index (χ0) is 15.6. The average molecular weight is 302 g/mol. The molecule has 0 bridgehead atoms. The third-order valence-electron chi connectivity index (χ3n) is 3.51. The molecule has 2 rings (SSSR count). The lowest BCUT2D eigenvalue weighted by Crippen LogP contribution is -2.63. The lowest BCUT2D eigenvalue weighted by Gasteiger charge is -2.42. The monoisotopic (exact) mass is 302 g/mol. The highest BCUT2D eigenvalue weighted by molar-refractivity contribution is 5.86. The van der Waals surface area contributed by atoms with E-state index >= 15 is 0 Å². The molecule has 1 saturated heterocycles. The van der Waals surface area contributed by atoms with Crippen LogP contribution in [0.2, 0.25) is 0 Å². The Bertz CT molecular complexity index is 471. The van der Waals surface area contributed by atoms with E-state index in [0.717, 1.165) is 0 Å². The van der Waals surface area contributed by atoms with Gasteiger partial charge in [0.25, 0.3) is 5.79 Å². The minimum absolute atomic E-state index is 0.377. The number of allylic oxidation sites excluding steroid dienone is 3. The highest BCUT2D eigenvalue weighted by Gasteiger charge is 2.51. The van der Waals surface area contributed by atoms with Crippen LogP contribution in [-0.4, -0.2) is 68.8 Å². The predicted molar refractivity (Wildman–Crippen MR) is 67.9 cm³/mol. The molecule has 0 spiro atoms. The molecule has 1 aliphatic heterocycles. The number of carbonyl (C=O) groups is 1. The van der Waals surface area contributed by atoms with Crippen molar-refractivity contribution in [1.29, 1.82) is 0 Å². The van der Waals surface area contributed by atoms with E-state index in [2.05, 4.69) is 0 Å². The number of hydrogen-bond acceptors (Lipinski definition) is 7. The molecule has 8 nitrogen and oxygen atoms in total. The van der Waals surface area contributed by atoms with E-state index in [1.165, 1.54) is 0 Å². The Morgan fingerprint density at radius 3 is 2.71 bits per heavy atom. The maximum Gasteiger partial charge on any atom is 0.371 e. The molecule has 118 valence electrons. The van der Waals surface area contributed by atoms with Gasteiger partial charge in [0.1, 0.15) is 24.9 Å². The van der Waals surface area contributed by atoms with Gasteiger partial charge in [0, 0.05) is 5.57 Å². The highest BCUT2D eigenvalue weighted by Crippen LogP contribution is 2.30. The summed E-state index contributed by atoms with van der Waals surface area (Å²) >= 11 is 0. The third kappa shape index (κ3) is 3.09. The minimum Gasteiger partial charge on any atom is -0.475 e. The molecule has 2 aliphatic rings. The van der Waals surface area contributed by atoms with Crippen LogP contribution in [0.5, 0.6) is 0 Å². The summed E-state index contributed by atoms with van der Waals surface area (Å²) in [6, 6.07) is 0. The fourth-order valence-electron chi connectivity index (χ4n) is 2.29. The quantitative estimate of drug-likeness (QED) is 0.240. The maximum absolute atomic E-state index is 11.3. The van der Waals surface area contributed by atoms with Gasteiger partial charge >= 0.3 is 5.97 Å². The summed E-state index contributed by atoms with van der Waals surface area (Å²) in [5.41, 5.74) is 0.377. The largest absolute Gasteiger partial charge is 0.475 e. The van der Waals surface area contributed by atoms with Crippen molar-refractivity contribution in [3.63, 3.8) is 0 Å². The van der Waals surface area contributed by atoms with E-state index in [1.807, 2.05) is 0 Å². The topological polar surface area (TPSA) is 137 Å². The number of carboxylic acid groups (broad SMARTS) is 1. The Hall–Kier alpha value is -1.45. The molecule has 0 aromatic rings. The zero-order valence-corrected chi connectivity index (χ0v) is 11.2. The van der Waals surface area contributed by atoms with Gasteiger partial charge in [-0.1, -0.05) is 12.2 Å². The lowest BCUT2D eigenvalue weighted by atomic mass is 9.97. The van der Waals surface area contributed by atoms with Crippen LogP contribution in [0.4, 0.5) is 0 Å². The first-order valence-electron chi connectivity index (χ1n) is 6.52. The highest BCUT2D eigenvalue weighted by atomic mass is 16.7. The van der Waals surface area contributed by atoms with Crippen molar-refractivity contribution in [3.05, 3.63) is 23.5 Å². The van der Waals surface area contributed by atoms with E-state index in [-0.39, 0.29) is 0 Å². The Kier molecular flexibility index (Phi) is 4.64. The van der Waals surface area contributed by atoms with Crippen LogP contribution in [-0.2, 0) is 14.3 Å². The number of aliphatic carboxylic acids is 1. The Balaban J connectivity index is 2.22. The molecule has 5 N–H and O–H groups in total. The van der Waals surface area contributed by atoms with Gasteiger partial charge in [-0.3, -0.25) is 0 Å². The SMILES string of the molecule is O=C(O)/C(OC1(O)COC(CO)C(O)C1O)=C1\C=CCC1.